The van der Waals surface area contributed by atoms with Crippen molar-refractivity contribution in [2.45, 2.75) is 49.4 Å². The Balaban J connectivity index is 1.49. The predicted molar refractivity (Wildman–Crippen MR) is 98.8 cm³/mol. The fraction of sp³-hybridized carbons (Fsp3) is 0.474. The minimum Gasteiger partial charge on any atom is -0.326 e. The Labute approximate surface area is 168 Å². The Morgan fingerprint density at radius 2 is 1.97 bits per heavy atom. The van der Waals surface area contributed by atoms with Gasteiger partial charge in [-0.15, -0.1) is 0 Å². The summed E-state index contributed by atoms with van der Waals surface area (Å²) in [5.41, 5.74) is 7.68. The largest absolute Gasteiger partial charge is 0.451 e. The molecule has 1 saturated heterocycles. The molecule has 0 bridgehead atoms. The van der Waals surface area contributed by atoms with Crippen LogP contribution >= 0.6 is 11.8 Å². The average Bonchev–Trinajstić information content (AvgIpc) is 2.99. The van der Waals surface area contributed by atoms with Gasteiger partial charge in [-0.25, -0.2) is 18.7 Å². The lowest BCUT2D eigenvalue weighted by Crippen LogP contribution is -2.37. The molecule has 4 rings (SSSR count). The van der Waals surface area contributed by atoms with Crippen molar-refractivity contribution in [3.8, 4) is 0 Å². The van der Waals surface area contributed by atoms with Gasteiger partial charge in [-0.3, -0.25) is 4.90 Å². The molecule has 0 radical (unpaired) electrons. The second kappa shape index (κ2) is 7.81. The van der Waals surface area contributed by atoms with Gasteiger partial charge in [0.15, 0.2) is 0 Å². The van der Waals surface area contributed by atoms with Crippen LogP contribution in [-0.2, 0) is 19.3 Å². The first-order valence-corrected chi connectivity index (χ1v) is 10.3. The predicted octanol–water partition coefficient (Wildman–Crippen LogP) is 4.05. The summed E-state index contributed by atoms with van der Waals surface area (Å²) in [6, 6.07) is 2.97. The van der Waals surface area contributed by atoms with E-state index in [0.29, 0.717) is 36.5 Å². The Bertz CT molecular complexity index is 907. The molecule has 2 aromatic rings. The highest BCUT2D eigenvalue weighted by molar-refractivity contribution is 7.99. The van der Waals surface area contributed by atoms with Crippen LogP contribution in [0.5, 0.6) is 0 Å². The third-order valence-electron chi connectivity index (χ3n) is 5.40. The molecule has 0 spiro atoms. The molecule has 2 N–H and O–H groups in total. The second-order valence-corrected chi connectivity index (χ2v) is 8.62. The van der Waals surface area contributed by atoms with Crippen LogP contribution in [0.1, 0.15) is 40.7 Å². The van der Waals surface area contributed by atoms with E-state index in [1.807, 2.05) is 4.90 Å². The lowest BCUT2D eigenvalue weighted by atomic mass is 9.97. The highest BCUT2D eigenvalue weighted by Gasteiger charge is 2.38. The van der Waals surface area contributed by atoms with Crippen LogP contribution in [0.4, 0.5) is 22.0 Å². The minimum absolute atomic E-state index is 0.0163. The molecule has 1 aromatic heterocycles. The van der Waals surface area contributed by atoms with E-state index >= 15 is 0 Å². The van der Waals surface area contributed by atoms with Gasteiger partial charge in [0.1, 0.15) is 11.6 Å². The van der Waals surface area contributed by atoms with Gasteiger partial charge in [-0.2, -0.15) is 24.9 Å². The molecule has 2 aliphatic rings. The van der Waals surface area contributed by atoms with Crippen molar-refractivity contribution in [3.05, 3.63) is 58.7 Å². The second-order valence-electron chi connectivity index (χ2n) is 7.37. The molecule has 3 heterocycles. The minimum atomic E-state index is -4.58. The first kappa shape index (κ1) is 20.5. The molecule has 3 atom stereocenters. The van der Waals surface area contributed by atoms with Crippen LogP contribution in [0.3, 0.4) is 0 Å². The van der Waals surface area contributed by atoms with Crippen LogP contribution in [0.2, 0.25) is 0 Å². The van der Waals surface area contributed by atoms with Crippen LogP contribution in [0.25, 0.3) is 0 Å². The number of fused-ring (bicyclic) bond motifs is 1. The molecule has 10 heteroatoms. The number of aromatic nitrogens is 2. The van der Waals surface area contributed by atoms with Crippen molar-refractivity contribution in [2.75, 3.05) is 5.75 Å². The van der Waals surface area contributed by atoms with Gasteiger partial charge < -0.3 is 5.73 Å². The number of halogens is 5. The average molecular weight is 430 g/mol. The number of alkyl halides is 3. The highest BCUT2D eigenvalue weighted by atomic mass is 32.2. The monoisotopic (exact) mass is 430 g/mol. The highest BCUT2D eigenvalue weighted by Crippen LogP contribution is 2.40. The van der Waals surface area contributed by atoms with Crippen molar-refractivity contribution in [3.63, 3.8) is 0 Å². The number of rotatable bonds is 2. The Kier molecular flexibility index (Phi) is 5.52. The maximum Gasteiger partial charge on any atom is 0.451 e. The van der Waals surface area contributed by atoms with Crippen LogP contribution in [0, 0.1) is 11.6 Å². The number of hydrogen-bond acceptors (Lipinski definition) is 5. The fourth-order valence-corrected chi connectivity index (χ4v) is 5.35. The maximum atomic E-state index is 14.2. The summed E-state index contributed by atoms with van der Waals surface area (Å²) in [6.07, 6.45) is -2.06. The van der Waals surface area contributed by atoms with Crippen molar-refractivity contribution in [1.82, 2.24) is 14.9 Å². The van der Waals surface area contributed by atoms with Crippen LogP contribution < -0.4 is 5.73 Å². The molecule has 0 amide bonds. The summed E-state index contributed by atoms with van der Waals surface area (Å²) in [6.45, 7) is 0.747. The maximum absolute atomic E-state index is 14.2. The molecule has 29 heavy (non-hydrogen) atoms. The first-order chi connectivity index (χ1) is 13.7. The molecule has 4 nitrogen and oxygen atoms in total. The van der Waals surface area contributed by atoms with E-state index in [-0.39, 0.29) is 16.9 Å². The van der Waals surface area contributed by atoms with Crippen molar-refractivity contribution in [1.29, 1.82) is 0 Å². The quantitative estimate of drug-likeness (QED) is 0.729. The third kappa shape index (κ3) is 4.24. The summed E-state index contributed by atoms with van der Waals surface area (Å²) < 4.78 is 66.4. The summed E-state index contributed by atoms with van der Waals surface area (Å²) in [4.78, 5) is 9.17. The van der Waals surface area contributed by atoms with Gasteiger partial charge in [0.25, 0.3) is 0 Å². The number of benzene rings is 1. The van der Waals surface area contributed by atoms with Crippen molar-refractivity contribution in [2.24, 2.45) is 5.73 Å². The zero-order valence-corrected chi connectivity index (χ0v) is 16.1. The molecular weight excluding hydrogens is 411 g/mol. The molecule has 1 unspecified atom stereocenters. The van der Waals surface area contributed by atoms with Gasteiger partial charge in [-0.05, 0) is 36.8 Å². The lowest BCUT2D eigenvalue weighted by molar-refractivity contribution is -0.145. The number of nitrogens with zero attached hydrogens (tertiary/aromatic N) is 3. The molecule has 0 saturated carbocycles. The van der Waals surface area contributed by atoms with Crippen molar-refractivity contribution >= 4 is 11.8 Å². The standard InChI is InChI=1S/C19H19F5N4S/c20-11-1-2-14(21)13(5-11)17-15(25)6-12(3-4-29-17)28-8-10-7-26-18(19(22,23)24)27-16(10)9-28/h1-2,5,7,12,15,17H,3-4,6,8-9,25H2/t12?,15-,17+/m0/s1. The normalized spacial score (nSPS) is 25.7. The Hall–Kier alpha value is -1.78. The van der Waals surface area contributed by atoms with Crippen LogP contribution in [-0.4, -0.2) is 32.7 Å². The van der Waals surface area contributed by atoms with E-state index in [2.05, 4.69) is 9.97 Å². The number of nitrogens with two attached hydrogens (primary N) is 1. The van der Waals surface area contributed by atoms with E-state index in [0.717, 1.165) is 18.6 Å². The lowest BCUT2D eigenvalue weighted by Gasteiger charge is -2.28. The Morgan fingerprint density at radius 3 is 2.72 bits per heavy atom. The van der Waals surface area contributed by atoms with Gasteiger partial charge in [0, 0.05) is 47.7 Å². The fourth-order valence-electron chi connectivity index (χ4n) is 3.97. The molecule has 156 valence electrons. The van der Waals surface area contributed by atoms with E-state index < -0.39 is 29.7 Å². The van der Waals surface area contributed by atoms with Gasteiger partial charge in [0.05, 0.1) is 5.69 Å². The summed E-state index contributed by atoms with van der Waals surface area (Å²) in [5, 5.41) is -0.377. The molecule has 0 aliphatic carbocycles. The van der Waals surface area contributed by atoms with E-state index in [1.165, 1.54) is 24.0 Å². The van der Waals surface area contributed by atoms with E-state index in [1.54, 1.807) is 0 Å². The zero-order chi connectivity index (χ0) is 20.8. The van der Waals surface area contributed by atoms with Gasteiger partial charge >= 0.3 is 6.18 Å². The summed E-state index contributed by atoms with van der Waals surface area (Å²) in [7, 11) is 0. The number of thioether (sulfide) groups is 1. The third-order valence-corrected chi connectivity index (χ3v) is 6.83. The van der Waals surface area contributed by atoms with E-state index in [9.17, 15) is 22.0 Å². The van der Waals surface area contributed by atoms with Gasteiger partial charge in [0.2, 0.25) is 5.82 Å². The molecular formula is C19H19F5N4S. The first-order valence-electron chi connectivity index (χ1n) is 9.20. The zero-order valence-electron chi connectivity index (χ0n) is 15.3. The molecule has 1 fully saturated rings. The molecule has 1 aromatic carbocycles. The van der Waals surface area contributed by atoms with E-state index in [4.69, 9.17) is 5.73 Å². The SMILES string of the molecule is N[C@H]1CC(N2Cc3cnc(C(F)(F)F)nc3C2)CCS[C@@H]1c1cc(F)ccc1F. The van der Waals surface area contributed by atoms with Crippen molar-refractivity contribution < 1.29 is 22.0 Å². The summed E-state index contributed by atoms with van der Waals surface area (Å²) >= 11 is 1.49. The Morgan fingerprint density at radius 1 is 1.17 bits per heavy atom. The summed E-state index contributed by atoms with van der Waals surface area (Å²) in [5.74, 6) is -1.44. The molecule has 2 aliphatic heterocycles. The van der Waals surface area contributed by atoms with Crippen LogP contribution in [0.15, 0.2) is 24.4 Å². The smallest absolute Gasteiger partial charge is 0.326 e. The topological polar surface area (TPSA) is 55.0 Å². The number of hydrogen-bond donors (Lipinski definition) is 1. The van der Waals surface area contributed by atoms with Gasteiger partial charge in [-0.1, -0.05) is 0 Å².